The van der Waals surface area contributed by atoms with Gasteiger partial charge in [-0.1, -0.05) is 36.4 Å². The minimum absolute atomic E-state index is 0.109. The Labute approximate surface area is 173 Å². The van der Waals surface area contributed by atoms with Gasteiger partial charge < -0.3 is 14.8 Å². The van der Waals surface area contributed by atoms with Crippen molar-refractivity contribution in [3.63, 3.8) is 0 Å². The van der Waals surface area contributed by atoms with Gasteiger partial charge in [-0.25, -0.2) is 0 Å². The van der Waals surface area contributed by atoms with Crippen molar-refractivity contribution in [1.29, 1.82) is 0 Å². The summed E-state index contributed by atoms with van der Waals surface area (Å²) in [5, 5.41) is 2.88. The van der Waals surface area contributed by atoms with Crippen LogP contribution in [0.1, 0.15) is 27.0 Å². The lowest BCUT2D eigenvalue weighted by Crippen LogP contribution is -2.35. The maximum atomic E-state index is 12.5. The monoisotopic (exact) mass is 422 g/mol. The van der Waals surface area contributed by atoms with E-state index in [1.807, 2.05) is 18.2 Å². The molecule has 2 aromatic rings. The molecular formula is C22H25F3N2O3. The highest BCUT2D eigenvalue weighted by Gasteiger charge is 2.27. The molecule has 1 aliphatic rings. The van der Waals surface area contributed by atoms with Crippen molar-refractivity contribution in [1.82, 2.24) is 10.2 Å². The Morgan fingerprint density at radius 3 is 2.43 bits per heavy atom. The first kappa shape index (κ1) is 22.3. The summed E-state index contributed by atoms with van der Waals surface area (Å²) in [6, 6.07) is 14.5. The van der Waals surface area contributed by atoms with Gasteiger partial charge in [0, 0.05) is 31.7 Å². The predicted octanol–water partition coefficient (Wildman–Crippen LogP) is 3.53. The van der Waals surface area contributed by atoms with E-state index in [2.05, 4.69) is 15.0 Å². The Balaban J connectivity index is 1.47. The summed E-state index contributed by atoms with van der Waals surface area (Å²) >= 11 is 0. The van der Waals surface area contributed by atoms with Crippen LogP contribution in [0.2, 0.25) is 0 Å². The smallest absolute Gasteiger partial charge is 0.379 e. The third-order valence-corrected chi connectivity index (χ3v) is 4.71. The second-order valence-electron chi connectivity index (χ2n) is 7.20. The average molecular weight is 422 g/mol. The molecule has 30 heavy (non-hydrogen) atoms. The Kier molecular flexibility index (Phi) is 7.84. The lowest BCUT2D eigenvalue weighted by atomic mass is 10.1. The van der Waals surface area contributed by atoms with Crippen LogP contribution < -0.4 is 5.32 Å². The van der Waals surface area contributed by atoms with E-state index < -0.39 is 12.8 Å². The number of nitrogens with zero attached hydrogens (tertiary/aromatic N) is 1. The number of hydrogen-bond acceptors (Lipinski definition) is 4. The van der Waals surface area contributed by atoms with Crippen molar-refractivity contribution < 1.29 is 27.4 Å². The van der Waals surface area contributed by atoms with E-state index in [-0.39, 0.29) is 12.5 Å². The molecule has 162 valence electrons. The van der Waals surface area contributed by atoms with Crippen molar-refractivity contribution in [2.75, 3.05) is 32.9 Å². The molecule has 0 spiro atoms. The molecule has 8 heteroatoms. The number of halogens is 3. The number of nitrogens with one attached hydrogen (secondary N) is 1. The third-order valence-electron chi connectivity index (χ3n) is 4.71. The summed E-state index contributed by atoms with van der Waals surface area (Å²) in [7, 11) is 0. The maximum absolute atomic E-state index is 12.5. The van der Waals surface area contributed by atoms with Crippen molar-refractivity contribution in [3.05, 3.63) is 70.8 Å². The van der Waals surface area contributed by atoms with Crippen LogP contribution in [0.4, 0.5) is 13.2 Å². The second-order valence-corrected chi connectivity index (χ2v) is 7.20. The predicted molar refractivity (Wildman–Crippen MR) is 106 cm³/mol. The Bertz CT molecular complexity index is 819. The number of rotatable bonds is 8. The van der Waals surface area contributed by atoms with Gasteiger partial charge in [0.25, 0.3) is 5.91 Å². The number of benzene rings is 2. The van der Waals surface area contributed by atoms with Crippen LogP contribution in [-0.4, -0.2) is 49.9 Å². The molecule has 0 saturated carbocycles. The highest BCUT2D eigenvalue weighted by atomic mass is 19.4. The van der Waals surface area contributed by atoms with E-state index in [0.29, 0.717) is 17.7 Å². The molecule has 1 amide bonds. The average Bonchev–Trinajstić information content (AvgIpc) is 2.73. The molecule has 0 radical (unpaired) electrons. The number of carbonyl (C=O) groups is 1. The van der Waals surface area contributed by atoms with Crippen molar-refractivity contribution in [2.24, 2.45) is 0 Å². The molecule has 1 aliphatic heterocycles. The van der Waals surface area contributed by atoms with Crippen LogP contribution >= 0.6 is 0 Å². The summed E-state index contributed by atoms with van der Waals surface area (Å²) in [5.74, 6) is -0.170. The second kappa shape index (κ2) is 10.6. The zero-order valence-corrected chi connectivity index (χ0v) is 16.6. The molecule has 0 aliphatic carbocycles. The maximum Gasteiger partial charge on any atom is 0.411 e. The fourth-order valence-electron chi connectivity index (χ4n) is 3.15. The van der Waals surface area contributed by atoms with Crippen LogP contribution in [0.15, 0.2) is 48.5 Å². The van der Waals surface area contributed by atoms with Gasteiger partial charge >= 0.3 is 6.18 Å². The van der Waals surface area contributed by atoms with Crippen LogP contribution in [0.25, 0.3) is 0 Å². The van der Waals surface area contributed by atoms with Gasteiger partial charge in [-0.2, -0.15) is 13.2 Å². The zero-order chi connectivity index (χ0) is 21.4. The third kappa shape index (κ3) is 7.44. The lowest BCUT2D eigenvalue weighted by Gasteiger charge is -2.26. The standard InChI is InChI=1S/C22H25F3N2O3/c23-22(24,25)16-30-15-18-6-4-17(5-7-18)13-26-21(28)20-3-1-2-19(12-20)14-27-8-10-29-11-9-27/h1-7,12H,8-11,13-16H2,(H,26,28). The van der Waals surface area contributed by atoms with E-state index in [1.165, 1.54) is 0 Å². The quantitative estimate of drug-likeness (QED) is 0.707. The molecular weight excluding hydrogens is 397 g/mol. The van der Waals surface area contributed by atoms with Crippen LogP contribution in [0.3, 0.4) is 0 Å². The van der Waals surface area contributed by atoms with Gasteiger partial charge in [-0.15, -0.1) is 0 Å². The number of ether oxygens (including phenoxy) is 2. The first-order valence-electron chi connectivity index (χ1n) is 9.78. The summed E-state index contributed by atoms with van der Waals surface area (Å²) in [5.41, 5.74) is 3.17. The Hall–Kier alpha value is -2.42. The highest BCUT2D eigenvalue weighted by molar-refractivity contribution is 5.94. The van der Waals surface area contributed by atoms with E-state index in [4.69, 9.17) is 4.74 Å². The first-order valence-corrected chi connectivity index (χ1v) is 9.78. The van der Waals surface area contributed by atoms with Gasteiger partial charge in [-0.05, 0) is 28.8 Å². The molecule has 1 N–H and O–H groups in total. The summed E-state index contributed by atoms with van der Waals surface area (Å²) in [6.45, 7) is 2.96. The Morgan fingerprint density at radius 2 is 1.73 bits per heavy atom. The summed E-state index contributed by atoms with van der Waals surface area (Å²) < 4.78 is 46.3. The van der Waals surface area contributed by atoms with E-state index >= 15 is 0 Å². The number of alkyl halides is 3. The van der Waals surface area contributed by atoms with Gasteiger partial charge in [-0.3, -0.25) is 9.69 Å². The van der Waals surface area contributed by atoms with Crippen LogP contribution in [0, 0.1) is 0 Å². The molecule has 0 unspecified atom stereocenters. The molecule has 5 nitrogen and oxygen atoms in total. The highest BCUT2D eigenvalue weighted by Crippen LogP contribution is 2.16. The molecule has 0 atom stereocenters. The van der Waals surface area contributed by atoms with Crippen LogP contribution in [0.5, 0.6) is 0 Å². The molecule has 3 rings (SSSR count). The largest absolute Gasteiger partial charge is 0.411 e. The molecule has 1 fully saturated rings. The van der Waals surface area contributed by atoms with E-state index in [1.54, 1.807) is 30.3 Å². The van der Waals surface area contributed by atoms with E-state index in [0.717, 1.165) is 44.0 Å². The topological polar surface area (TPSA) is 50.8 Å². The van der Waals surface area contributed by atoms with E-state index in [9.17, 15) is 18.0 Å². The molecule has 2 aromatic carbocycles. The molecule has 1 heterocycles. The minimum Gasteiger partial charge on any atom is -0.379 e. The normalized spacial score (nSPS) is 15.2. The van der Waals surface area contributed by atoms with Gasteiger partial charge in [0.1, 0.15) is 6.61 Å². The van der Waals surface area contributed by atoms with Gasteiger partial charge in [0.15, 0.2) is 0 Å². The number of hydrogen-bond donors (Lipinski definition) is 1. The summed E-state index contributed by atoms with van der Waals surface area (Å²) in [6.07, 6.45) is -4.33. The first-order chi connectivity index (χ1) is 14.4. The van der Waals surface area contributed by atoms with Crippen molar-refractivity contribution in [3.8, 4) is 0 Å². The fourth-order valence-corrected chi connectivity index (χ4v) is 3.15. The summed E-state index contributed by atoms with van der Waals surface area (Å²) in [4.78, 5) is 14.8. The van der Waals surface area contributed by atoms with Crippen molar-refractivity contribution >= 4 is 5.91 Å². The molecule has 1 saturated heterocycles. The Morgan fingerprint density at radius 1 is 1.03 bits per heavy atom. The molecule has 0 aromatic heterocycles. The van der Waals surface area contributed by atoms with Gasteiger partial charge in [0.2, 0.25) is 0 Å². The number of morpholine rings is 1. The minimum atomic E-state index is -4.33. The van der Waals surface area contributed by atoms with Crippen LogP contribution in [-0.2, 0) is 29.2 Å². The molecule has 0 bridgehead atoms. The number of amides is 1. The zero-order valence-electron chi connectivity index (χ0n) is 16.6. The number of carbonyl (C=O) groups excluding carboxylic acids is 1. The fraction of sp³-hybridized carbons (Fsp3) is 0.409. The SMILES string of the molecule is O=C(NCc1ccc(COCC(F)(F)F)cc1)c1cccc(CN2CCOCC2)c1. The van der Waals surface area contributed by atoms with Gasteiger partial charge in [0.05, 0.1) is 19.8 Å². The van der Waals surface area contributed by atoms with Crippen molar-refractivity contribution in [2.45, 2.75) is 25.9 Å². The lowest BCUT2D eigenvalue weighted by molar-refractivity contribution is -0.176.